The van der Waals surface area contributed by atoms with Crippen LogP contribution in [0.3, 0.4) is 0 Å². The number of ether oxygens (including phenoxy) is 1. The van der Waals surface area contributed by atoms with E-state index in [1.54, 1.807) is 7.11 Å². The molecule has 3 heterocycles. The van der Waals surface area contributed by atoms with E-state index in [9.17, 15) is 14.2 Å². The van der Waals surface area contributed by atoms with E-state index >= 15 is 0 Å². The van der Waals surface area contributed by atoms with Crippen molar-refractivity contribution in [3.63, 3.8) is 0 Å². The summed E-state index contributed by atoms with van der Waals surface area (Å²) in [5.41, 5.74) is 1.74. The molecule has 0 fully saturated rings. The van der Waals surface area contributed by atoms with Crippen molar-refractivity contribution in [1.29, 1.82) is 0 Å². The number of rotatable bonds is 6. The largest absolute Gasteiger partial charge is 0.545 e. The number of carbonyl (C=O) groups is 1. The first-order valence-corrected chi connectivity index (χ1v) is 10.8. The zero-order chi connectivity index (χ0) is 23.3. The zero-order valence-corrected chi connectivity index (χ0v) is 18.0. The minimum atomic E-state index is -4.73. The molecule has 0 spiro atoms. The van der Waals surface area contributed by atoms with Gasteiger partial charge in [0.25, 0.3) is 5.56 Å². The van der Waals surface area contributed by atoms with Gasteiger partial charge in [0.1, 0.15) is 11.1 Å². The summed E-state index contributed by atoms with van der Waals surface area (Å²) >= 11 is 0. The molecule has 0 unspecified atom stereocenters. The van der Waals surface area contributed by atoms with Crippen LogP contribution in [0.1, 0.15) is 12.5 Å². The van der Waals surface area contributed by atoms with Gasteiger partial charge in [-0.25, -0.2) is 9.55 Å². The molecule has 1 aromatic carbocycles. The quantitative estimate of drug-likeness (QED) is 0.253. The number of hydrogen-bond acceptors (Lipinski definition) is 7. The number of benzene rings is 1. The van der Waals surface area contributed by atoms with Crippen LogP contribution in [-0.2, 0) is 15.8 Å². The van der Waals surface area contributed by atoms with Gasteiger partial charge in [-0.3, -0.25) is 24.0 Å². The Bertz CT molecular complexity index is 1340. The van der Waals surface area contributed by atoms with Crippen LogP contribution in [-0.4, -0.2) is 54.2 Å². The summed E-state index contributed by atoms with van der Waals surface area (Å²) in [7, 11) is -3.07. The van der Waals surface area contributed by atoms with Gasteiger partial charge >= 0.3 is 7.82 Å². The lowest BCUT2D eigenvalue weighted by Gasteiger charge is -2.04. The molecule has 0 radical (unpaired) electrons. The predicted octanol–water partition coefficient (Wildman–Crippen LogP) is 0.496. The molecule has 32 heavy (non-hydrogen) atoms. The number of amides is 1. The zero-order valence-electron chi connectivity index (χ0n) is 17.1. The number of nitrogens with one attached hydrogen (secondary N) is 3. The van der Waals surface area contributed by atoms with E-state index in [4.69, 9.17) is 14.5 Å². The minimum absolute atomic E-state index is 0.00224. The second-order valence-electron chi connectivity index (χ2n) is 6.52. The van der Waals surface area contributed by atoms with E-state index in [0.717, 1.165) is 35.6 Å². The van der Waals surface area contributed by atoms with Crippen LogP contribution in [0.5, 0.6) is 5.75 Å². The van der Waals surface area contributed by atoms with Crippen LogP contribution in [0.2, 0.25) is 0 Å². The van der Waals surface area contributed by atoms with Gasteiger partial charge in [-0.15, -0.1) is 5.10 Å². The molecular weight excluding hydrogens is 443 g/mol. The molecule has 5 N–H and O–H groups in total. The molecule has 170 valence electrons. The van der Waals surface area contributed by atoms with E-state index < -0.39 is 13.4 Å². The Labute approximate surface area is 180 Å². The Kier molecular flexibility index (Phi) is 6.93. The van der Waals surface area contributed by atoms with Gasteiger partial charge < -0.3 is 20.0 Å². The second kappa shape index (κ2) is 9.64. The van der Waals surface area contributed by atoms with Crippen molar-refractivity contribution in [2.24, 2.45) is 0 Å². The van der Waals surface area contributed by atoms with Crippen LogP contribution in [0.25, 0.3) is 21.9 Å². The fraction of sp³-hybridized carbons (Fsp3) is 0.222. The summed E-state index contributed by atoms with van der Waals surface area (Å²) < 4.78 is 19.9. The standard InChI is InChI=1S/C13H16N2O2.C5H5N4O5P/c1-9(16)14-6-5-10-8-15-13-4-3-11(17-2)7-12(10)13;10-5-3-1-8-9(14-15(11,12)13)4(3)6-2-7-5/h3-4,7-8,15H,5-6H2,1-2H3,(H,14,16);1-2H,(H,6,7,10)(H2,11,12,13). The van der Waals surface area contributed by atoms with Crippen molar-refractivity contribution in [3.05, 3.63) is 52.8 Å². The molecule has 0 atom stereocenters. The molecule has 0 bridgehead atoms. The average molecular weight is 464 g/mol. The average Bonchev–Trinajstić information content (AvgIpc) is 3.32. The van der Waals surface area contributed by atoms with E-state index in [1.165, 1.54) is 12.5 Å². The number of methoxy groups -OCH3 is 1. The Hall–Kier alpha value is -3.67. The summed E-state index contributed by atoms with van der Waals surface area (Å²) in [5.74, 6) is 0.847. The third-order valence-electron chi connectivity index (χ3n) is 4.27. The highest BCUT2D eigenvalue weighted by molar-refractivity contribution is 7.46. The fourth-order valence-corrected chi connectivity index (χ4v) is 3.18. The number of aromatic nitrogens is 5. The maximum absolute atomic E-state index is 11.2. The first-order valence-electron chi connectivity index (χ1n) is 9.23. The smallest absolute Gasteiger partial charge is 0.497 e. The number of carbonyl (C=O) groups excluding carboxylic acids is 1. The molecule has 0 aliphatic rings. The summed E-state index contributed by atoms with van der Waals surface area (Å²) in [6.07, 6.45) is 4.96. The summed E-state index contributed by atoms with van der Waals surface area (Å²) in [5, 5.41) is 7.48. The van der Waals surface area contributed by atoms with Crippen LogP contribution in [0, 0.1) is 0 Å². The van der Waals surface area contributed by atoms with Gasteiger partial charge in [-0.05, 0) is 30.2 Å². The van der Waals surface area contributed by atoms with E-state index in [-0.39, 0.29) is 16.9 Å². The fourth-order valence-electron chi connectivity index (χ4n) is 2.86. The molecule has 3 aromatic heterocycles. The van der Waals surface area contributed by atoms with Crippen molar-refractivity contribution in [1.82, 2.24) is 30.2 Å². The molecule has 0 saturated carbocycles. The SMILES string of the molecule is COc1ccc2[nH]cc(CCNC(C)=O)c2c1.O=c1[nH]cnc2c1cnn2OP(=O)(O)O. The van der Waals surface area contributed by atoms with Crippen molar-refractivity contribution in [3.8, 4) is 5.75 Å². The molecule has 0 saturated heterocycles. The second-order valence-corrected chi connectivity index (χ2v) is 7.66. The topological polar surface area (TPSA) is 184 Å². The van der Waals surface area contributed by atoms with Gasteiger partial charge in [0.2, 0.25) is 11.6 Å². The number of hydrogen-bond donors (Lipinski definition) is 5. The lowest BCUT2D eigenvalue weighted by atomic mass is 10.1. The predicted molar refractivity (Wildman–Crippen MR) is 114 cm³/mol. The molecule has 13 nitrogen and oxygen atoms in total. The molecule has 0 aliphatic heterocycles. The highest BCUT2D eigenvalue weighted by Gasteiger charge is 2.19. The van der Waals surface area contributed by atoms with Gasteiger partial charge in [0.15, 0.2) is 0 Å². The Balaban J connectivity index is 0.000000182. The number of nitrogens with zero attached hydrogens (tertiary/aromatic N) is 3. The summed E-state index contributed by atoms with van der Waals surface area (Å²) in [6, 6.07) is 5.93. The molecule has 14 heteroatoms. The van der Waals surface area contributed by atoms with Crippen molar-refractivity contribution in [2.75, 3.05) is 13.7 Å². The van der Waals surface area contributed by atoms with Crippen LogP contribution in [0.4, 0.5) is 0 Å². The molecule has 0 aliphatic carbocycles. The third-order valence-corrected chi connectivity index (χ3v) is 4.63. The van der Waals surface area contributed by atoms with Gasteiger partial charge in [0.05, 0.1) is 19.6 Å². The Morgan fingerprint density at radius 3 is 2.75 bits per heavy atom. The number of aromatic amines is 2. The third kappa shape index (κ3) is 5.72. The summed E-state index contributed by atoms with van der Waals surface area (Å²) in [6.45, 7) is 2.18. The van der Waals surface area contributed by atoms with Gasteiger partial charge in [-0.1, -0.05) is 4.85 Å². The molecular formula is C18H21N6O7P. The first-order chi connectivity index (χ1) is 15.2. The van der Waals surface area contributed by atoms with Gasteiger partial charge in [0, 0.05) is 30.6 Å². The molecule has 4 aromatic rings. The van der Waals surface area contributed by atoms with Crippen LogP contribution >= 0.6 is 7.82 Å². The lowest BCUT2D eigenvalue weighted by molar-refractivity contribution is -0.118. The van der Waals surface area contributed by atoms with Crippen molar-refractivity contribution in [2.45, 2.75) is 13.3 Å². The van der Waals surface area contributed by atoms with E-state index in [0.29, 0.717) is 11.4 Å². The Morgan fingerprint density at radius 1 is 1.28 bits per heavy atom. The van der Waals surface area contributed by atoms with Crippen molar-refractivity contribution >= 4 is 35.7 Å². The minimum Gasteiger partial charge on any atom is -0.497 e. The molecule has 1 amide bonds. The van der Waals surface area contributed by atoms with E-state index in [1.807, 2.05) is 24.4 Å². The number of H-pyrrole nitrogens is 2. The summed E-state index contributed by atoms with van der Waals surface area (Å²) in [4.78, 5) is 48.7. The maximum Gasteiger partial charge on any atom is 0.545 e. The normalized spacial score (nSPS) is 11.1. The maximum atomic E-state index is 11.2. The van der Waals surface area contributed by atoms with Crippen LogP contribution < -0.4 is 20.2 Å². The number of fused-ring (bicyclic) bond motifs is 2. The highest BCUT2D eigenvalue weighted by Crippen LogP contribution is 2.31. The lowest BCUT2D eigenvalue weighted by Crippen LogP contribution is -2.22. The monoisotopic (exact) mass is 464 g/mol. The molecule has 4 rings (SSSR count). The van der Waals surface area contributed by atoms with Crippen LogP contribution in [0.15, 0.2) is 41.7 Å². The first kappa shape index (κ1) is 23.0. The highest BCUT2D eigenvalue weighted by atomic mass is 31.2. The van der Waals surface area contributed by atoms with Gasteiger partial charge in [-0.2, -0.15) is 0 Å². The Morgan fingerprint density at radius 2 is 2.06 bits per heavy atom. The number of phosphoric acid groups is 1. The van der Waals surface area contributed by atoms with E-state index in [2.05, 4.69) is 30.0 Å². The van der Waals surface area contributed by atoms with Crippen molar-refractivity contribution < 1.29 is 28.5 Å².